The summed E-state index contributed by atoms with van der Waals surface area (Å²) in [5.41, 5.74) is 14.2. The number of pyridine rings is 1. The van der Waals surface area contributed by atoms with Gasteiger partial charge in [0.15, 0.2) is 0 Å². The van der Waals surface area contributed by atoms with E-state index in [1.54, 1.807) is 6.07 Å². The monoisotopic (exact) mass is 377 g/mol. The molecule has 2 heterocycles. The van der Waals surface area contributed by atoms with E-state index in [1.165, 1.54) is 17.1 Å². The van der Waals surface area contributed by atoms with Crippen LogP contribution in [-0.4, -0.2) is 20.7 Å². The van der Waals surface area contributed by atoms with Crippen molar-refractivity contribution >= 4 is 22.6 Å². The number of hydrogen-bond donors (Lipinski definition) is 1. The minimum absolute atomic E-state index is 0. The van der Waals surface area contributed by atoms with Crippen LogP contribution in [0.15, 0.2) is 18.5 Å². The molecule has 6 nitrogen and oxygen atoms in total. The molecule has 7 heteroatoms. The molecule has 79 valence electrons. The van der Waals surface area contributed by atoms with E-state index in [1.807, 2.05) is 0 Å². The van der Waals surface area contributed by atoms with Gasteiger partial charge in [-0.25, -0.2) is 0 Å². The van der Waals surface area contributed by atoms with Crippen LogP contribution in [0.1, 0.15) is 0 Å². The van der Waals surface area contributed by atoms with Crippen molar-refractivity contribution in [3.63, 3.8) is 0 Å². The van der Waals surface area contributed by atoms with E-state index in [4.69, 9.17) is 11.5 Å². The van der Waals surface area contributed by atoms with Crippen LogP contribution in [0, 0.1) is 0 Å². The zero-order chi connectivity index (χ0) is 10.1. The Morgan fingerprint density at radius 1 is 1.53 bits per heavy atom. The fourth-order valence-electron chi connectivity index (χ4n) is 1.23. The maximum absolute atomic E-state index is 10.6. The molecule has 2 aromatic rings. The van der Waals surface area contributed by atoms with Gasteiger partial charge in [-0.1, -0.05) is 0 Å². The molecule has 2 rings (SSSR count). The van der Waals surface area contributed by atoms with E-state index >= 15 is 0 Å². The molecule has 0 aliphatic carbocycles. The van der Waals surface area contributed by atoms with Crippen LogP contribution in [0.3, 0.4) is 0 Å². The molecule has 1 amide bonds. The Labute approximate surface area is 99.3 Å². The zero-order valence-corrected chi connectivity index (χ0v) is 10.4. The van der Waals surface area contributed by atoms with E-state index in [0.29, 0.717) is 16.7 Å². The van der Waals surface area contributed by atoms with Crippen molar-refractivity contribution in [1.29, 1.82) is 0 Å². The minimum Gasteiger partial charge on any atom is -0.666 e. The maximum atomic E-state index is 10.6. The Balaban J connectivity index is 0.00000112. The number of aromatic nitrogens is 3. The number of hydrogen-bond acceptors (Lipinski definition) is 4. The third-order valence-corrected chi connectivity index (χ3v) is 1.81. The molecule has 0 saturated carbocycles. The summed E-state index contributed by atoms with van der Waals surface area (Å²) in [6.45, 7) is -0.0748. The third kappa shape index (κ3) is 2.32. The summed E-state index contributed by atoms with van der Waals surface area (Å²) in [5.74, 6) is -0.697. The molecule has 0 aliphatic rings. The summed E-state index contributed by atoms with van der Waals surface area (Å²) in [6, 6.07) is 1.68. The van der Waals surface area contributed by atoms with Crippen molar-refractivity contribution in [2.45, 2.75) is 6.54 Å². The maximum Gasteiger partial charge on any atom is 0.108 e. The number of nitrogens with two attached hydrogens (primary N) is 1. The van der Waals surface area contributed by atoms with Gasteiger partial charge in [0.25, 0.3) is 0 Å². The summed E-state index contributed by atoms with van der Waals surface area (Å²) < 4.78 is 1.41. The van der Waals surface area contributed by atoms with Crippen molar-refractivity contribution in [2.24, 2.45) is 0 Å². The van der Waals surface area contributed by atoms with Crippen LogP contribution < -0.4 is 5.73 Å². The van der Waals surface area contributed by atoms with Gasteiger partial charge in [-0.15, -0.1) is 0 Å². The molecule has 0 unspecified atom stereocenters. The summed E-state index contributed by atoms with van der Waals surface area (Å²) in [7, 11) is 0. The van der Waals surface area contributed by atoms with Gasteiger partial charge < -0.3 is 16.3 Å². The average Bonchev–Trinajstić information content (AvgIpc) is 2.47. The Hall–Kier alpha value is -1.45. The predicted octanol–water partition coefficient (Wildman–Crippen LogP) is 0.590. The van der Waals surface area contributed by atoms with Gasteiger partial charge in [0.05, 0.1) is 36.0 Å². The number of carbonyl (C=O) groups excluding carboxylic acids is 1. The number of fused-ring (bicyclic) bond motifs is 1. The van der Waals surface area contributed by atoms with Crippen molar-refractivity contribution in [1.82, 2.24) is 14.8 Å². The van der Waals surface area contributed by atoms with Gasteiger partial charge in [0.2, 0.25) is 0 Å². The van der Waals surface area contributed by atoms with Crippen molar-refractivity contribution < 1.29 is 25.2 Å². The Morgan fingerprint density at radius 3 is 2.93 bits per heavy atom. The molecule has 3 N–H and O–H groups in total. The normalized spacial score (nSPS) is 9.87. The molecule has 0 atom stereocenters. The fraction of sp³-hybridized carbons (Fsp3) is 0.125. The van der Waals surface area contributed by atoms with E-state index in [2.05, 4.69) is 10.1 Å². The van der Waals surface area contributed by atoms with Crippen molar-refractivity contribution in [2.75, 3.05) is 5.73 Å². The topological polar surface area (TPSA) is 97.6 Å². The number of nitrogens with zero attached hydrogens (tertiary/aromatic N) is 3. The predicted molar refractivity (Wildman–Crippen MR) is 51.3 cm³/mol. The van der Waals surface area contributed by atoms with Gasteiger partial charge in [-0.2, -0.15) is 5.10 Å². The van der Waals surface area contributed by atoms with Gasteiger partial charge in [-0.05, 0) is 6.07 Å². The summed E-state index contributed by atoms with van der Waals surface area (Å²) in [6.07, 6.45) is 3.06. The van der Waals surface area contributed by atoms with Crippen LogP contribution in [0.2, 0.25) is 0 Å². The Kier molecular flexibility index (Phi) is 3.40. The third-order valence-electron chi connectivity index (χ3n) is 1.81. The molecule has 15 heavy (non-hydrogen) atoms. The van der Waals surface area contributed by atoms with Gasteiger partial charge in [0.1, 0.15) is 5.52 Å². The van der Waals surface area contributed by atoms with Crippen LogP contribution in [-0.2, 0) is 31.8 Å². The first-order valence-electron chi connectivity index (χ1n) is 3.98. The Morgan fingerprint density at radius 2 is 2.27 bits per heavy atom. The number of nitrogen functional groups attached to an aromatic ring is 1. The van der Waals surface area contributed by atoms with Crippen LogP contribution in [0.5, 0.6) is 0 Å². The van der Waals surface area contributed by atoms with Crippen LogP contribution in [0.4, 0.5) is 5.69 Å². The molecule has 0 spiro atoms. The number of rotatable bonds is 2. The van der Waals surface area contributed by atoms with E-state index in [0.717, 1.165) is 0 Å². The number of carbonyl (C=O) groups is 1. The number of nitrogens with one attached hydrogen (secondary N) is 1. The molecule has 0 saturated heterocycles. The zero-order valence-electron chi connectivity index (χ0n) is 7.64. The summed E-state index contributed by atoms with van der Waals surface area (Å²) >= 11 is 0. The van der Waals surface area contributed by atoms with Crippen LogP contribution in [0.25, 0.3) is 16.8 Å². The molecule has 1 radical (unpaired) electrons. The first-order chi connectivity index (χ1) is 6.66. The molecule has 2 aromatic heterocycles. The Bertz CT molecular complexity index is 495. The van der Waals surface area contributed by atoms with Gasteiger partial charge in [-0.3, -0.25) is 9.67 Å². The standard InChI is InChI=1S/C8H9N5O.Re/c9-5-1-7-6(11-2-5)3-12-13(7)4-8(10)14;/h1-3H,4H2,(H4,9,10,12,14);/p-1. The summed E-state index contributed by atoms with van der Waals surface area (Å²) in [4.78, 5) is 14.6. The first-order valence-corrected chi connectivity index (χ1v) is 3.98. The minimum atomic E-state index is -0.697. The van der Waals surface area contributed by atoms with Gasteiger partial charge in [0, 0.05) is 20.4 Å². The fourth-order valence-corrected chi connectivity index (χ4v) is 1.23. The summed E-state index contributed by atoms with van der Waals surface area (Å²) in [5, 5.41) is 3.93. The average molecular weight is 376 g/mol. The molecule has 0 fully saturated rings. The SMILES string of the molecule is [NH-]C(=O)Cn1ncc2ncc(N)cc21.[Re]. The molecule has 0 bridgehead atoms. The van der Waals surface area contributed by atoms with E-state index in [9.17, 15) is 4.79 Å². The molecular weight excluding hydrogens is 368 g/mol. The van der Waals surface area contributed by atoms with Crippen LogP contribution >= 0.6 is 0 Å². The van der Waals surface area contributed by atoms with Crippen molar-refractivity contribution in [3.8, 4) is 0 Å². The second kappa shape index (κ2) is 4.38. The number of anilines is 1. The quantitative estimate of drug-likeness (QED) is 0.829. The molecule has 0 aromatic carbocycles. The van der Waals surface area contributed by atoms with E-state index < -0.39 is 5.91 Å². The second-order valence-corrected chi connectivity index (χ2v) is 2.90. The molecular formula is C8H8N5ORe-. The smallest absolute Gasteiger partial charge is 0.108 e. The van der Waals surface area contributed by atoms with E-state index in [-0.39, 0.29) is 27.0 Å². The first kappa shape index (κ1) is 11.6. The number of amides is 1. The van der Waals surface area contributed by atoms with Gasteiger partial charge >= 0.3 is 0 Å². The second-order valence-electron chi connectivity index (χ2n) is 2.90. The van der Waals surface area contributed by atoms with Crippen molar-refractivity contribution in [3.05, 3.63) is 24.2 Å². The molecule has 0 aliphatic heterocycles. The largest absolute Gasteiger partial charge is 0.666 e.